The molecule has 0 aliphatic carbocycles. The molecule has 30 heavy (non-hydrogen) atoms. The lowest BCUT2D eigenvalue weighted by molar-refractivity contribution is -0.927. The fourth-order valence-corrected chi connectivity index (χ4v) is 4.66. The molecule has 0 saturated carbocycles. The summed E-state index contributed by atoms with van der Waals surface area (Å²) < 4.78 is 6.28. The minimum atomic E-state index is -0.252. The summed E-state index contributed by atoms with van der Waals surface area (Å²) in [5, 5.41) is 0. The van der Waals surface area contributed by atoms with Gasteiger partial charge in [0.1, 0.15) is 6.04 Å². The highest BCUT2D eigenvalue weighted by Crippen LogP contribution is 2.47. The molecule has 0 bridgehead atoms. The van der Waals surface area contributed by atoms with E-state index in [4.69, 9.17) is 10.5 Å². The van der Waals surface area contributed by atoms with E-state index in [1.54, 1.807) is 0 Å². The number of anilines is 2. The van der Waals surface area contributed by atoms with Crippen molar-refractivity contribution < 1.29 is 14.0 Å². The average molecular weight is 429 g/mol. The predicted molar refractivity (Wildman–Crippen MR) is 124 cm³/mol. The highest BCUT2D eigenvalue weighted by atomic mass is 32.2. The third-order valence-electron chi connectivity index (χ3n) is 6.07. The van der Waals surface area contributed by atoms with Gasteiger partial charge < -0.3 is 15.4 Å². The minimum Gasteiger partial charge on any atom is -0.415 e. The fourth-order valence-electron chi connectivity index (χ4n) is 3.57. The van der Waals surface area contributed by atoms with Gasteiger partial charge in [-0.3, -0.25) is 9.28 Å². The molecule has 5 nitrogen and oxygen atoms in total. The van der Waals surface area contributed by atoms with Crippen LogP contribution in [0.5, 0.6) is 0 Å². The van der Waals surface area contributed by atoms with Crippen molar-refractivity contribution in [2.45, 2.75) is 36.6 Å². The molecule has 6 heteroatoms. The molecule has 3 rings (SSSR count). The van der Waals surface area contributed by atoms with E-state index in [0.29, 0.717) is 17.8 Å². The first kappa shape index (κ1) is 22.7. The standard InChI is InChI=1S/C24H34N3O2S/c1-17(2)19(14-25)24(28)29-16-27(4,5)18(3)15-26-20-10-6-8-12-22(20)30-23-13-9-7-11-21(23)26/h6-13,17-19H,14-16,25H2,1-5H3/q+1. The number of hydrogen-bond acceptors (Lipinski definition) is 5. The third kappa shape index (κ3) is 4.82. The molecular weight excluding hydrogens is 394 g/mol. The van der Waals surface area contributed by atoms with Gasteiger partial charge in [0.2, 0.25) is 6.73 Å². The maximum absolute atomic E-state index is 12.5. The largest absolute Gasteiger partial charge is 0.415 e. The number of carbonyl (C=O) groups excluding carboxylic acids is 1. The normalized spacial score (nSPS) is 15.4. The number of nitrogens with zero attached hydrogens (tertiary/aromatic N) is 2. The Morgan fingerprint density at radius 1 is 1.03 bits per heavy atom. The summed E-state index contributed by atoms with van der Waals surface area (Å²) in [5.41, 5.74) is 8.23. The summed E-state index contributed by atoms with van der Waals surface area (Å²) >= 11 is 1.82. The van der Waals surface area contributed by atoms with Crippen LogP contribution >= 0.6 is 11.8 Å². The Labute approximate surface area is 184 Å². The average Bonchev–Trinajstić information content (AvgIpc) is 2.72. The first-order chi connectivity index (χ1) is 14.2. The molecule has 0 fully saturated rings. The lowest BCUT2D eigenvalue weighted by Crippen LogP contribution is -2.53. The molecule has 2 aromatic rings. The van der Waals surface area contributed by atoms with Crippen molar-refractivity contribution in [1.82, 2.24) is 0 Å². The van der Waals surface area contributed by atoms with Crippen LogP contribution in [-0.4, -0.2) is 50.4 Å². The summed E-state index contributed by atoms with van der Waals surface area (Å²) in [4.78, 5) is 17.4. The van der Waals surface area contributed by atoms with E-state index < -0.39 is 0 Å². The molecule has 0 aromatic heterocycles. The summed E-state index contributed by atoms with van der Waals surface area (Å²) in [7, 11) is 4.22. The number of benzene rings is 2. The number of para-hydroxylation sites is 2. The Balaban J connectivity index is 1.75. The van der Waals surface area contributed by atoms with Gasteiger partial charge in [-0.2, -0.15) is 0 Å². The van der Waals surface area contributed by atoms with Crippen LogP contribution in [-0.2, 0) is 9.53 Å². The fraction of sp³-hybridized carbons (Fsp3) is 0.458. The number of fused-ring (bicyclic) bond motifs is 2. The lowest BCUT2D eigenvalue weighted by Gasteiger charge is -2.40. The van der Waals surface area contributed by atoms with Crippen molar-refractivity contribution in [1.29, 1.82) is 0 Å². The van der Waals surface area contributed by atoms with Crippen LogP contribution in [0.2, 0.25) is 0 Å². The molecule has 1 heterocycles. The zero-order valence-electron chi connectivity index (χ0n) is 18.7. The predicted octanol–water partition coefficient (Wildman–Crippen LogP) is 4.49. The van der Waals surface area contributed by atoms with Gasteiger partial charge in [0.05, 0.1) is 37.9 Å². The molecule has 0 amide bonds. The molecule has 1 aliphatic rings. The van der Waals surface area contributed by atoms with E-state index in [-0.39, 0.29) is 23.8 Å². The van der Waals surface area contributed by atoms with Crippen LogP contribution < -0.4 is 10.6 Å². The van der Waals surface area contributed by atoms with Gasteiger partial charge in [-0.25, -0.2) is 0 Å². The van der Waals surface area contributed by atoms with Crippen molar-refractivity contribution in [2.24, 2.45) is 17.6 Å². The Morgan fingerprint density at radius 3 is 2.07 bits per heavy atom. The zero-order chi connectivity index (χ0) is 21.9. The molecule has 1 aliphatic heterocycles. The minimum absolute atomic E-state index is 0.175. The van der Waals surface area contributed by atoms with E-state index in [1.165, 1.54) is 21.2 Å². The topological polar surface area (TPSA) is 55.6 Å². The number of esters is 1. The second-order valence-corrected chi connectivity index (χ2v) is 10.0. The monoisotopic (exact) mass is 428 g/mol. The van der Waals surface area contributed by atoms with Gasteiger partial charge in [0, 0.05) is 16.3 Å². The molecule has 2 atom stereocenters. The number of rotatable bonds is 8. The van der Waals surface area contributed by atoms with Crippen molar-refractivity contribution >= 4 is 29.1 Å². The number of hydrogen-bond donors (Lipinski definition) is 1. The second-order valence-electron chi connectivity index (χ2n) is 8.95. The molecule has 2 N–H and O–H groups in total. The Kier molecular flexibility index (Phi) is 7.11. The second kappa shape index (κ2) is 9.41. The van der Waals surface area contributed by atoms with Crippen LogP contribution in [0.25, 0.3) is 0 Å². The van der Waals surface area contributed by atoms with E-state index in [1.807, 2.05) is 25.6 Å². The molecule has 0 radical (unpaired) electrons. The Morgan fingerprint density at radius 2 is 1.57 bits per heavy atom. The summed E-state index contributed by atoms with van der Waals surface area (Å²) in [6, 6.07) is 17.3. The van der Waals surface area contributed by atoms with Crippen LogP contribution in [0.4, 0.5) is 11.4 Å². The van der Waals surface area contributed by atoms with E-state index in [2.05, 4.69) is 74.4 Å². The number of nitrogens with two attached hydrogens (primary N) is 1. The number of ether oxygens (including phenoxy) is 1. The molecule has 2 unspecified atom stereocenters. The highest BCUT2D eigenvalue weighted by Gasteiger charge is 2.32. The van der Waals surface area contributed by atoms with Crippen molar-refractivity contribution in [2.75, 3.05) is 38.8 Å². The van der Waals surface area contributed by atoms with Crippen LogP contribution in [0.3, 0.4) is 0 Å². The van der Waals surface area contributed by atoms with Crippen LogP contribution in [0.15, 0.2) is 58.3 Å². The zero-order valence-corrected chi connectivity index (χ0v) is 19.5. The van der Waals surface area contributed by atoms with Gasteiger partial charge in [0.15, 0.2) is 0 Å². The smallest absolute Gasteiger partial charge is 0.314 e. The van der Waals surface area contributed by atoms with Gasteiger partial charge in [-0.05, 0) is 37.1 Å². The van der Waals surface area contributed by atoms with E-state index >= 15 is 0 Å². The van der Waals surface area contributed by atoms with Gasteiger partial charge in [-0.15, -0.1) is 0 Å². The number of carbonyl (C=O) groups is 1. The SMILES string of the molecule is CC(C)C(CN)C(=O)OC[N+](C)(C)C(C)CN1c2ccccc2Sc2ccccc21. The van der Waals surface area contributed by atoms with Gasteiger partial charge >= 0.3 is 5.97 Å². The lowest BCUT2D eigenvalue weighted by atomic mass is 9.96. The van der Waals surface area contributed by atoms with Crippen molar-refractivity contribution in [3.8, 4) is 0 Å². The van der Waals surface area contributed by atoms with Gasteiger partial charge in [-0.1, -0.05) is 49.9 Å². The Hall–Kier alpha value is -2.02. The quantitative estimate of drug-likeness (QED) is 0.381. The van der Waals surface area contributed by atoms with Crippen LogP contribution in [0.1, 0.15) is 20.8 Å². The first-order valence-electron chi connectivity index (χ1n) is 10.6. The molecule has 0 spiro atoms. The number of likely N-dealkylation sites (N-methyl/N-ethyl adjacent to an activating group) is 1. The van der Waals surface area contributed by atoms with E-state index in [9.17, 15) is 4.79 Å². The maximum atomic E-state index is 12.5. The Bertz CT molecular complexity index is 839. The summed E-state index contributed by atoms with van der Waals surface area (Å²) in [6.45, 7) is 7.69. The van der Waals surface area contributed by atoms with Crippen LogP contribution in [0, 0.1) is 11.8 Å². The highest BCUT2D eigenvalue weighted by molar-refractivity contribution is 7.99. The summed E-state index contributed by atoms with van der Waals surface area (Å²) in [6.07, 6.45) is 0. The van der Waals surface area contributed by atoms with Crippen molar-refractivity contribution in [3.05, 3.63) is 48.5 Å². The molecule has 162 valence electrons. The molecular formula is C24H34N3O2S+. The van der Waals surface area contributed by atoms with Gasteiger partial charge in [0.25, 0.3) is 0 Å². The molecule has 0 saturated heterocycles. The number of quaternary nitrogens is 1. The summed E-state index contributed by atoms with van der Waals surface area (Å²) in [5.74, 6) is -0.275. The van der Waals surface area contributed by atoms with E-state index in [0.717, 1.165) is 6.54 Å². The third-order valence-corrected chi connectivity index (χ3v) is 7.20. The maximum Gasteiger partial charge on any atom is 0.314 e. The first-order valence-corrected chi connectivity index (χ1v) is 11.4. The molecule has 2 aromatic carbocycles. The van der Waals surface area contributed by atoms with Crippen molar-refractivity contribution in [3.63, 3.8) is 0 Å².